The number of imidazole rings is 2. The fraction of sp³-hybridized carbons (Fsp3) is 0.353. The van der Waals surface area contributed by atoms with E-state index in [9.17, 15) is 4.79 Å². The summed E-state index contributed by atoms with van der Waals surface area (Å²) in [5.74, 6) is 1.02. The lowest BCUT2D eigenvalue weighted by molar-refractivity contribution is -0.135. The summed E-state index contributed by atoms with van der Waals surface area (Å²) in [6.07, 6.45) is 4.20. The summed E-state index contributed by atoms with van der Waals surface area (Å²) in [5, 5.41) is 0. The fourth-order valence-electron chi connectivity index (χ4n) is 3.31. The molecule has 2 aromatic heterocycles. The molecule has 4 rings (SSSR count). The van der Waals surface area contributed by atoms with Crippen molar-refractivity contribution >= 4 is 16.9 Å². The maximum absolute atomic E-state index is 12.7. The van der Waals surface area contributed by atoms with Crippen LogP contribution >= 0.6 is 0 Å². The lowest BCUT2D eigenvalue weighted by Gasteiger charge is -2.25. The first-order valence-electron chi connectivity index (χ1n) is 7.90. The smallest absolute Gasteiger partial charge is 0.226 e. The zero-order chi connectivity index (χ0) is 15.8. The van der Waals surface area contributed by atoms with Gasteiger partial charge in [-0.15, -0.1) is 0 Å². The first kappa shape index (κ1) is 14.0. The number of aromatic nitrogens is 4. The Bertz CT molecular complexity index is 816. The number of hydrogen-bond donors (Lipinski definition) is 2. The van der Waals surface area contributed by atoms with Crippen LogP contribution < -0.4 is 0 Å². The third-order valence-electron chi connectivity index (χ3n) is 4.54. The number of carbonyl (C=O) groups excluding carboxylic acids is 1. The third-order valence-corrected chi connectivity index (χ3v) is 4.54. The van der Waals surface area contributed by atoms with Crippen molar-refractivity contribution in [3.8, 4) is 0 Å². The van der Waals surface area contributed by atoms with E-state index in [2.05, 4.69) is 19.9 Å². The lowest BCUT2D eigenvalue weighted by atomic mass is 9.89. The maximum atomic E-state index is 12.7. The molecule has 0 spiro atoms. The monoisotopic (exact) mass is 309 g/mol. The molecule has 0 bridgehead atoms. The minimum Gasteiger partial charge on any atom is -0.348 e. The predicted octanol–water partition coefficient (Wildman–Crippen LogP) is 2.05. The van der Waals surface area contributed by atoms with Crippen LogP contribution in [0.5, 0.6) is 0 Å². The van der Waals surface area contributed by atoms with E-state index in [1.54, 1.807) is 11.2 Å². The topological polar surface area (TPSA) is 77.7 Å². The molecular formula is C17H19N5O. The quantitative estimate of drug-likeness (QED) is 0.777. The zero-order valence-electron chi connectivity index (χ0n) is 13.0. The van der Waals surface area contributed by atoms with Crippen LogP contribution in [0.25, 0.3) is 11.0 Å². The summed E-state index contributed by atoms with van der Waals surface area (Å²) in [4.78, 5) is 29.7. The van der Waals surface area contributed by atoms with Gasteiger partial charge in [-0.2, -0.15) is 0 Å². The molecule has 2 heterocycles. The summed E-state index contributed by atoms with van der Waals surface area (Å²) in [7, 11) is 1.85. The second-order valence-corrected chi connectivity index (χ2v) is 6.16. The molecule has 3 aromatic rings. The molecule has 0 fully saturated rings. The number of hydrogen-bond acceptors (Lipinski definition) is 3. The molecule has 2 N–H and O–H groups in total. The number of H-pyrrole nitrogens is 2. The van der Waals surface area contributed by atoms with Gasteiger partial charge in [-0.25, -0.2) is 9.97 Å². The van der Waals surface area contributed by atoms with Crippen molar-refractivity contribution in [2.24, 2.45) is 5.92 Å². The molecule has 0 saturated carbocycles. The summed E-state index contributed by atoms with van der Waals surface area (Å²) >= 11 is 0. The molecule has 6 nitrogen and oxygen atoms in total. The third kappa shape index (κ3) is 2.60. The van der Waals surface area contributed by atoms with Crippen LogP contribution in [-0.4, -0.2) is 37.8 Å². The largest absolute Gasteiger partial charge is 0.348 e. The average molecular weight is 309 g/mol. The number of nitrogens with zero attached hydrogens (tertiary/aromatic N) is 3. The Morgan fingerprint density at radius 2 is 2.26 bits per heavy atom. The number of carbonyl (C=O) groups is 1. The minimum absolute atomic E-state index is 0.0253. The second-order valence-electron chi connectivity index (χ2n) is 6.16. The Hall–Kier alpha value is -2.63. The van der Waals surface area contributed by atoms with Gasteiger partial charge in [0.2, 0.25) is 5.91 Å². The standard InChI is InChI=1S/C17H19N5O/c1-22(9-16-20-13-4-2-3-5-14(13)21-16)17(23)11-6-7-12-15(8-11)19-10-18-12/h2-5,10-11H,6-9H2,1H3,(H,18,19)(H,20,21)/t11-/m0/s1. The van der Waals surface area contributed by atoms with Gasteiger partial charge in [-0.1, -0.05) is 12.1 Å². The van der Waals surface area contributed by atoms with Gasteiger partial charge in [0.05, 0.1) is 29.6 Å². The molecule has 1 aliphatic carbocycles. The molecule has 23 heavy (non-hydrogen) atoms. The van der Waals surface area contributed by atoms with Crippen LogP contribution in [0.1, 0.15) is 23.6 Å². The minimum atomic E-state index is 0.0253. The van der Waals surface area contributed by atoms with Crippen molar-refractivity contribution in [2.75, 3.05) is 7.05 Å². The molecule has 118 valence electrons. The van der Waals surface area contributed by atoms with Crippen molar-refractivity contribution in [2.45, 2.75) is 25.8 Å². The number of rotatable bonds is 3. The van der Waals surface area contributed by atoms with E-state index in [1.807, 2.05) is 31.3 Å². The zero-order valence-corrected chi connectivity index (χ0v) is 13.0. The molecule has 1 aliphatic rings. The van der Waals surface area contributed by atoms with E-state index in [0.717, 1.165) is 47.5 Å². The summed E-state index contributed by atoms with van der Waals surface area (Å²) in [6, 6.07) is 7.90. The van der Waals surface area contributed by atoms with Gasteiger partial charge in [-0.3, -0.25) is 4.79 Å². The van der Waals surface area contributed by atoms with E-state index >= 15 is 0 Å². The number of para-hydroxylation sites is 2. The number of amides is 1. The van der Waals surface area contributed by atoms with Gasteiger partial charge in [-0.05, 0) is 25.0 Å². The molecule has 0 radical (unpaired) electrons. The summed E-state index contributed by atoms with van der Waals surface area (Å²) < 4.78 is 0. The highest BCUT2D eigenvalue weighted by atomic mass is 16.2. The molecule has 0 unspecified atom stereocenters. The van der Waals surface area contributed by atoms with Crippen LogP contribution in [0.4, 0.5) is 0 Å². The lowest BCUT2D eigenvalue weighted by Crippen LogP contribution is -2.35. The Morgan fingerprint density at radius 1 is 1.39 bits per heavy atom. The molecule has 0 saturated heterocycles. The predicted molar refractivity (Wildman–Crippen MR) is 86.7 cm³/mol. The van der Waals surface area contributed by atoms with Crippen molar-refractivity contribution < 1.29 is 4.79 Å². The van der Waals surface area contributed by atoms with E-state index in [1.165, 1.54) is 0 Å². The summed E-state index contributed by atoms with van der Waals surface area (Å²) in [5.41, 5.74) is 4.15. The van der Waals surface area contributed by atoms with Crippen LogP contribution in [0, 0.1) is 5.92 Å². The average Bonchev–Trinajstić information content (AvgIpc) is 3.18. The van der Waals surface area contributed by atoms with Crippen LogP contribution in [0.3, 0.4) is 0 Å². The maximum Gasteiger partial charge on any atom is 0.226 e. The number of benzene rings is 1. The van der Waals surface area contributed by atoms with Gasteiger partial charge >= 0.3 is 0 Å². The van der Waals surface area contributed by atoms with E-state index in [-0.39, 0.29) is 11.8 Å². The normalized spacial score (nSPS) is 17.2. The highest BCUT2D eigenvalue weighted by molar-refractivity contribution is 5.79. The van der Waals surface area contributed by atoms with Crippen molar-refractivity contribution in [3.63, 3.8) is 0 Å². The van der Waals surface area contributed by atoms with Crippen molar-refractivity contribution in [1.82, 2.24) is 24.8 Å². The molecule has 6 heteroatoms. The van der Waals surface area contributed by atoms with E-state index in [4.69, 9.17) is 0 Å². The van der Waals surface area contributed by atoms with Crippen LogP contribution in [0.2, 0.25) is 0 Å². The number of aromatic amines is 2. The Kier molecular flexibility index (Phi) is 3.37. The van der Waals surface area contributed by atoms with Gasteiger partial charge in [0.1, 0.15) is 5.82 Å². The van der Waals surface area contributed by atoms with Gasteiger partial charge in [0, 0.05) is 25.1 Å². The molecule has 0 aliphatic heterocycles. The number of aryl methyl sites for hydroxylation is 1. The molecular weight excluding hydrogens is 290 g/mol. The Morgan fingerprint density at radius 3 is 3.13 bits per heavy atom. The first-order valence-corrected chi connectivity index (χ1v) is 7.90. The van der Waals surface area contributed by atoms with E-state index in [0.29, 0.717) is 6.54 Å². The molecule has 1 aromatic carbocycles. The van der Waals surface area contributed by atoms with Gasteiger partial charge in [0.25, 0.3) is 0 Å². The van der Waals surface area contributed by atoms with Gasteiger partial charge < -0.3 is 14.9 Å². The highest BCUT2D eigenvalue weighted by Crippen LogP contribution is 2.24. The second kappa shape index (κ2) is 5.53. The fourth-order valence-corrected chi connectivity index (χ4v) is 3.31. The first-order chi connectivity index (χ1) is 11.2. The Labute approximate surface area is 133 Å². The molecule has 1 amide bonds. The Balaban J connectivity index is 1.46. The SMILES string of the molecule is CN(Cc1nc2ccccc2[nH]1)C(=O)[C@H]1CCc2nc[nH]c2C1. The molecule has 1 atom stereocenters. The van der Waals surface area contributed by atoms with Crippen molar-refractivity contribution in [3.05, 3.63) is 47.8 Å². The van der Waals surface area contributed by atoms with Crippen LogP contribution in [-0.2, 0) is 24.2 Å². The number of nitrogens with one attached hydrogen (secondary N) is 2. The van der Waals surface area contributed by atoms with E-state index < -0.39 is 0 Å². The number of fused-ring (bicyclic) bond motifs is 2. The van der Waals surface area contributed by atoms with Gasteiger partial charge in [0.15, 0.2) is 0 Å². The van der Waals surface area contributed by atoms with Crippen molar-refractivity contribution in [1.29, 1.82) is 0 Å². The highest BCUT2D eigenvalue weighted by Gasteiger charge is 2.28. The summed E-state index contributed by atoms with van der Waals surface area (Å²) in [6.45, 7) is 0.500. The van der Waals surface area contributed by atoms with Crippen LogP contribution in [0.15, 0.2) is 30.6 Å².